The quantitative estimate of drug-likeness (QED) is 0.747. The standard InChI is InChI=1S/C24H28N2O2/c1-15-7-8-17-13-23(2,3)26(14-18(17)11-15)21(27)16-9-10-20-19(12-16)24(4,5)22(28)25(20)6/h7-12H,13-14H2,1-6H3. The van der Waals surface area contributed by atoms with Crippen molar-refractivity contribution >= 4 is 17.5 Å². The summed E-state index contributed by atoms with van der Waals surface area (Å²) in [7, 11) is 1.80. The van der Waals surface area contributed by atoms with Crippen molar-refractivity contribution in [2.24, 2.45) is 0 Å². The molecule has 0 bridgehead atoms. The average molecular weight is 377 g/mol. The van der Waals surface area contributed by atoms with Gasteiger partial charge in [-0.05, 0) is 75.9 Å². The average Bonchev–Trinajstić information content (AvgIpc) is 2.81. The Morgan fingerprint density at radius 1 is 1.00 bits per heavy atom. The van der Waals surface area contributed by atoms with Gasteiger partial charge < -0.3 is 9.80 Å². The van der Waals surface area contributed by atoms with Crippen LogP contribution in [0.25, 0.3) is 0 Å². The van der Waals surface area contributed by atoms with E-state index in [1.54, 1.807) is 11.9 Å². The van der Waals surface area contributed by atoms with Gasteiger partial charge in [0.2, 0.25) is 5.91 Å². The molecule has 2 aromatic rings. The number of nitrogens with zero attached hydrogens (tertiary/aromatic N) is 2. The summed E-state index contributed by atoms with van der Waals surface area (Å²) in [6.45, 7) is 10.8. The van der Waals surface area contributed by atoms with Crippen LogP contribution in [0.2, 0.25) is 0 Å². The molecule has 2 amide bonds. The van der Waals surface area contributed by atoms with Gasteiger partial charge in [0.25, 0.3) is 5.91 Å². The van der Waals surface area contributed by atoms with E-state index in [0.717, 1.165) is 17.7 Å². The number of hydrogen-bond donors (Lipinski definition) is 0. The molecule has 0 spiro atoms. The molecule has 0 saturated carbocycles. The fourth-order valence-corrected chi connectivity index (χ4v) is 4.63. The number of amides is 2. The molecule has 28 heavy (non-hydrogen) atoms. The van der Waals surface area contributed by atoms with Crippen LogP contribution < -0.4 is 4.90 Å². The maximum atomic E-state index is 13.5. The number of benzene rings is 2. The van der Waals surface area contributed by atoms with Crippen molar-refractivity contribution in [1.29, 1.82) is 0 Å². The number of fused-ring (bicyclic) bond motifs is 2. The molecule has 2 aliphatic heterocycles. The molecule has 4 rings (SSSR count). The van der Waals surface area contributed by atoms with Crippen LogP contribution in [-0.4, -0.2) is 29.3 Å². The Morgan fingerprint density at radius 2 is 1.71 bits per heavy atom. The highest BCUT2D eigenvalue weighted by Gasteiger charge is 2.43. The van der Waals surface area contributed by atoms with Crippen LogP contribution in [-0.2, 0) is 23.2 Å². The van der Waals surface area contributed by atoms with E-state index in [4.69, 9.17) is 0 Å². The number of hydrogen-bond acceptors (Lipinski definition) is 2. The topological polar surface area (TPSA) is 40.6 Å². The fourth-order valence-electron chi connectivity index (χ4n) is 4.63. The van der Waals surface area contributed by atoms with Crippen LogP contribution >= 0.6 is 0 Å². The Balaban J connectivity index is 1.73. The molecule has 4 heteroatoms. The van der Waals surface area contributed by atoms with Gasteiger partial charge in [-0.2, -0.15) is 0 Å². The van der Waals surface area contributed by atoms with Crippen molar-refractivity contribution in [3.8, 4) is 0 Å². The van der Waals surface area contributed by atoms with E-state index < -0.39 is 5.41 Å². The first kappa shape index (κ1) is 18.7. The van der Waals surface area contributed by atoms with Crippen molar-refractivity contribution in [2.45, 2.75) is 58.5 Å². The van der Waals surface area contributed by atoms with Gasteiger partial charge in [0.05, 0.1) is 5.41 Å². The van der Waals surface area contributed by atoms with Crippen molar-refractivity contribution in [1.82, 2.24) is 4.90 Å². The summed E-state index contributed by atoms with van der Waals surface area (Å²) in [6, 6.07) is 12.2. The van der Waals surface area contributed by atoms with Gasteiger partial charge in [0.1, 0.15) is 0 Å². The van der Waals surface area contributed by atoms with E-state index >= 15 is 0 Å². The molecule has 4 nitrogen and oxygen atoms in total. The Bertz CT molecular complexity index is 1000. The van der Waals surface area contributed by atoms with Crippen LogP contribution in [0.3, 0.4) is 0 Å². The summed E-state index contributed by atoms with van der Waals surface area (Å²) >= 11 is 0. The molecule has 146 valence electrons. The Labute approximate surface area is 167 Å². The summed E-state index contributed by atoms with van der Waals surface area (Å²) in [6.07, 6.45) is 0.839. The Hall–Kier alpha value is -2.62. The molecule has 2 aliphatic rings. The van der Waals surface area contributed by atoms with Crippen LogP contribution in [0.4, 0.5) is 5.69 Å². The lowest BCUT2D eigenvalue weighted by Crippen LogP contribution is -2.51. The van der Waals surface area contributed by atoms with E-state index in [1.165, 1.54) is 16.7 Å². The number of carbonyl (C=O) groups excluding carboxylic acids is 2. The molecule has 0 fully saturated rings. The molecule has 2 aromatic carbocycles. The van der Waals surface area contributed by atoms with Crippen LogP contribution in [0.1, 0.15) is 60.3 Å². The van der Waals surface area contributed by atoms with Gasteiger partial charge in [-0.1, -0.05) is 23.8 Å². The molecular weight excluding hydrogens is 348 g/mol. The number of carbonyl (C=O) groups is 2. The zero-order valence-corrected chi connectivity index (χ0v) is 17.6. The Morgan fingerprint density at radius 3 is 2.43 bits per heavy atom. The summed E-state index contributed by atoms with van der Waals surface area (Å²) < 4.78 is 0. The monoisotopic (exact) mass is 376 g/mol. The zero-order chi connectivity index (χ0) is 20.4. The van der Waals surface area contributed by atoms with Crippen LogP contribution in [0, 0.1) is 6.92 Å². The van der Waals surface area contributed by atoms with Crippen molar-refractivity contribution in [3.05, 3.63) is 64.2 Å². The molecule has 0 atom stereocenters. The molecule has 0 aromatic heterocycles. The van der Waals surface area contributed by atoms with E-state index in [2.05, 4.69) is 39.0 Å². The second kappa shape index (κ2) is 5.94. The van der Waals surface area contributed by atoms with Crippen molar-refractivity contribution < 1.29 is 9.59 Å². The zero-order valence-electron chi connectivity index (χ0n) is 17.6. The van der Waals surface area contributed by atoms with Gasteiger partial charge >= 0.3 is 0 Å². The third-order valence-corrected chi connectivity index (χ3v) is 6.41. The summed E-state index contributed by atoms with van der Waals surface area (Å²) in [5.41, 5.74) is 5.36. The Kier molecular flexibility index (Phi) is 3.97. The minimum absolute atomic E-state index is 0.0257. The van der Waals surface area contributed by atoms with Gasteiger partial charge in [-0.15, -0.1) is 0 Å². The lowest BCUT2D eigenvalue weighted by Gasteiger charge is -2.43. The molecule has 0 N–H and O–H groups in total. The number of aryl methyl sites for hydroxylation is 1. The maximum absolute atomic E-state index is 13.5. The molecular formula is C24H28N2O2. The second-order valence-corrected chi connectivity index (χ2v) is 9.37. The molecule has 0 saturated heterocycles. The highest BCUT2D eigenvalue weighted by molar-refractivity contribution is 6.08. The molecule has 2 heterocycles. The second-order valence-electron chi connectivity index (χ2n) is 9.37. The highest BCUT2D eigenvalue weighted by atomic mass is 16.2. The van der Waals surface area contributed by atoms with E-state index in [-0.39, 0.29) is 17.4 Å². The van der Waals surface area contributed by atoms with Crippen molar-refractivity contribution in [2.75, 3.05) is 11.9 Å². The molecule has 0 radical (unpaired) electrons. The van der Waals surface area contributed by atoms with Gasteiger partial charge in [0, 0.05) is 30.4 Å². The minimum atomic E-state index is -0.610. The van der Waals surface area contributed by atoms with Crippen LogP contribution in [0.15, 0.2) is 36.4 Å². The predicted molar refractivity (Wildman–Crippen MR) is 112 cm³/mol. The third kappa shape index (κ3) is 2.66. The maximum Gasteiger partial charge on any atom is 0.254 e. The SMILES string of the molecule is Cc1ccc2c(c1)CN(C(=O)c1ccc3c(c1)C(C)(C)C(=O)N3C)C(C)(C)C2. The highest BCUT2D eigenvalue weighted by Crippen LogP contribution is 2.41. The van der Waals surface area contributed by atoms with Crippen molar-refractivity contribution in [3.63, 3.8) is 0 Å². The minimum Gasteiger partial charge on any atom is -0.329 e. The third-order valence-electron chi connectivity index (χ3n) is 6.41. The number of anilines is 1. The first-order valence-corrected chi connectivity index (χ1v) is 9.85. The summed E-state index contributed by atoms with van der Waals surface area (Å²) in [4.78, 5) is 29.7. The smallest absolute Gasteiger partial charge is 0.254 e. The molecule has 0 unspecified atom stereocenters. The predicted octanol–water partition coefficient (Wildman–Crippen LogP) is 4.23. The van der Waals surface area contributed by atoms with E-state index in [1.807, 2.05) is 36.9 Å². The lowest BCUT2D eigenvalue weighted by atomic mass is 9.83. The van der Waals surface area contributed by atoms with Crippen LogP contribution in [0.5, 0.6) is 0 Å². The first-order chi connectivity index (χ1) is 13.0. The number of rotatable bonds is 1. The first-order valence-electron chi connectivity index (χ1n) is 9.85. The molecule has 0 aliphatic carbocycles. The summed E-state index contributed by atoms with van der Waals surface area (Å²) in [5.74, 6) is 0.0903. The number of likely N-dealkylation sites (N-methyl/N-ethyl adjacent to an activating group) is 1. The normalized spacial score (nSPS) is 19.4. The lowest BCUT2D eigenvalue weighted by molar-refractivity contribution is -0.121. The van der Waals surface area contributed by atoms with Gasteiger partial charge in [0.15, 0.2) is 0 Å². The van der Waals surface area contributed by atoms with E-state index in [9.17, 15) is 9.59 Å². The van der Waals surface area contributed by atoms with Gasteiger partial charge in [-0.3, -0.25) is 9.59 Å². The summed E-state index contributed by atoms with van der Waals surface area (Å²) in [5, 5.41) is 0. The van der Waals surface area contributed by atoms with E-state index in [0.29, 0.717) is 12.1 Å². The van der Waals surface area contributed by atoms with Gasteiger partial charge in [-0.25, -0.2) is 0 Å². The largest absolute Gasteiger partial charge is 0.329 e. The fraction of sp³-hybridized carbons (Fsp3) is 0.417.